The van der Waals surface area contributed by atoms with Gasteiger partial charge >= 0.3 is 5.97 Å². The van der Waals surface area contributed by atoms with Crippen LogP contribution in [0.4, 0.5) is 0 Å². The maximum Gasteiger partial charge on any atom is 0.309 e. The lowest BCUT2D eigenvalue weighted by atomic mass is 9.64. The van der Waals surface area contributed by atoms with Crippen LogP contribution in [0, 0.1) is 17.3 Å². The first-order valence-electron chi connectivity index (χ1n) is 5.96. The van der Waals surface area contributed by atoms with Gasteiger partial charge in [-0.15, -0.1) is 0 Å². The van der Waals surface area contributed by atoms with Crippen molar-refractivity contribution in [1.82, 2.24) is 0 Å². The lowest BCUT2D eigenvalue weighted by Crippen LogP contribution is -2.40. The fourth-order valence-corrected chi connectivity index (χ4v) is 2.96. The second-order valence-corrected chi connectivity index (χ2v) is 5.34. The van der Waals surface area contributed by atoms with Crippen LogP contribution in [0.3, 0.4) is 0 Å². The van der Waals surface area contributed by atoms with Gasteiger partial charge in [0.25, 0.3) is 0 Å². The molecule has 2 fully saturated rings. The van der Waals surface area contributed by atoms with E-state index < -0.39 is 11.4 Å². The van der Waals surface area contributed by atoms with Crippen molar-refractivity contribution < 1.29 is 9.90 Å². The van der Waals surface area contributed by atoms with Crippen LogP contribution in [0.15, 0.2) is 12.2 Å². The smallest absolute Gasteiger partial charge is 0.309 e. The van der Waals surface area contributed by atoms with Crippen molar-refractivity contribution in [1.29, 1.82) is 0 Å². The minimum Gasteiger partial charge on any atom is -0.481 e. The lowest BCUT2D eigenvalue weighted by molar-refractivity contribution is -0.155. The number of carboxylic acid groups (broad SMARTS) is 1. The molecule has 0 amide bonds. The van der Waals surface area contributed by atoms with E-state index in [-0.39, 0.29) is 0 Å². The fourth-order valence-electron chi connectivity index (χ4n) is 2.96. The largest absolute Gasteiger partial charge is 0.481 e. The van der Waals surface area contributed by atoms with Crippen LogP contribution in [0.5, 0.6) is 0 Å². The molecule has 15 heavy (non-hydrogen) atoms. The number of rotatable bonds is 3. The second kappa shape index (κ2) is 3.66. The van der Waals surface area contributed by atoms with Crippen LogP contribution in [0.2, 0.25) is 0 Å². The van der Waals surface area contributed by atoms with Gasteiger partial charge < -0.3 is 5.11 Å². The first kappa shape index (κ1) is 10.7. The average Bonchev–Trinajstić information content (AvgIpc) is 3.01. The number of hydrogen-bond acceptors (Lipinski definition) is 1. The van der Waals surface area contributed by atoms with Crippen molar-refractivity contribution in [2.24, 2.45) is 17.3 Å². The molecule has 84 valence electrons. The first-order chi connectivity index (χ1) is 7.06. The number of carboxylic acids is 1. The van der Waals surface area contributed by atoms with Crippen molar-refractivity contribution in [2.75, 3.05) is 0 Å². The summed E-state index contributed by atoms with van der Waals surface area (Å²) in [6.07, 6.45) is 5.89. The Balaban J connectivity index is 2.16. The molecule has 0 aromatic carbocycles. The van der Waals surface area contributed by atoms with E-state index >= 15 is 0 Å². The molecule has 0 aromatic rings. The molecule has 0 saturated heterocycles. The predicted octanol–water partition coefficient (Wildman–Crippen LogP) is 3.23. The Kier molecular flexibility index (Phi) is 2.61. The standard InChI is InChI=1S/C13H20O2/c1-9-5-7-13(8-6-9,12(14)15)10(2)11-3-4-11/h10-11H,1,3-8H2,2H3,(H,14,15). The Morgan fingerprint density at radius 1 is 1.47 bits per heavy atom. The van der Waals surface area contributed by atoms with Crippen LogP contribution in [0.25, 0.3) is 0 Å². The molecule has 2 rings (SSSR count). The first-order valence-corrected chi connectivity index (χ1v) is 5.96. The van der Waals surface area contributed by atoms with Crippen LogP contribution in [-0.2, 0) is 4.79 Å². The van der Waals surface area contributed by atoms with E-state index in [4.69, 9.17) is 0 Å². The molecule has 1 atom stereocenters. The quantitative estimate of drug-likeness (QED) is 0.723. The Bertz CT molecular complexity index is 279. The molecule has 0 spiro atoms. The zero-order valence-corrected chi connectivity index (χ0v) is 9.46. The average molecular weight is 208 g/mol. The molecular formula is C13H20O2. The van der Waals surface area contributed by atoms with E-state index in [1.54, 1.807) is 0 Å². The van der Waals surface area contributed by atoms with Crippen LogP contribution in [0.1, 0.15) is 45.4 Å². The summed E-state index contributed by atoms with van der Waals surface area (Å²) < 4.78 is 0. The van der Waals surface area contributed by atoms with Crippen molar-refractivity contribution in [2.45, 2.75) is 45.4 Å². The van der Waals surface area contributed by atoms with Gasteiger partial charge in [0.2, 0.25) is 0 Å². The molecule has 1 N–H and O–H groups in total. The van der Waals surface area contributed by atoms with E-state index in [1.807, 2.05) is 0 Å². The van der Waals surface area contributed by atoms with Gasteiger partial charge in [0.1, 0.15) is 0 Å². The molecule has 0 bridgehead atoms. The molecule has 2 heteroatoms. The van der Waals surface area contributed by atoms with E-state index in [9.17, 15) is 9.90 Å². The summed E-state index contributed by atoms with van der Waals surface area (Å²) in [6.45, 7) is 6.10. The van der Waals surface area contributed by atoms with E-state index in [0.29, 0.717) is 11.8 Å². The molecule has 2 nitrogen and oxygen atoms in total. The molecule has 2 aliphatic rings. The van der Waals surface area contributed by atoms with Crippen molar-refractivity contribution >= 4 is 5.97 Å². The highest BCUT2D eigenvalue weighted by molar-refractivity contribution is 5.75. The third-order valence-corrected chi connectivity index (χ3v) is 4.48. The van der Waals surface area contributed by atoms with Crippen LogP contribution in [-0.4, -0.2) is 11.1 Å². The summed E-state index contributed by atoms with van der Waals surface area (Å²) in [5, 5.41) is 9.49. The van der Waals surface area contributed by atoms with Crippen molar-refractivity contribution in [3.63, 3.8) is 0 Å². The fraction of sp³-hybridized carbons (Fsp3) is 0.769. The molecule has 2 saturated carbocycles. The second-order valence-electron chi connectivity index (χ2n) is 5.34. The van der Waals surface area contributed by atoms with Gasteiger partial charge in [0.15, 0.2) is 0 Å². The topological polar surface area (TPSA) is 37.3 Å². The van der Waals surface area contributed by atoms with Crippen LogP contribution < -0.4 is 0 Å². The maximum absolute atomic E-state index is 11.5. The van der Waals surface area contributed by atoms with E-state index in [1.165, 1.54) is 18.4 Å². The van der Waals surface area contributed by atoms with Gasteiger partial charge in [-0.2, -0.15) is 0 Å². The zero-order chi connectivity index (χ0) is 11.1. The predicted molar refractivity (Wildman–Crippen MR) is 59.6 cm³/mol. The summed E-state index contributed by atoms with van der Waals surface area (Å²) in [4.78, 5) is 11.5. The van der Waals surface area contributed by atoms with E-state index in [0.717, 1.165) is 25.7 Å². The van der Waals surface area contributed by atoms with Gasteiger partial charge in [-0.05, 0) is 50.4 Å². The van der Waals surface area contributed by atoms with Crippen molar-refractivity contribution in [3.8, 4) is 0 Å². The Morgan fingerprint density at radius 3 is 2.40 bits per heavy atom. The number of aliphatic carboxylic acids is 1. The van der Waals surface area contributed by atoms with Gasteiger partial charge in [-0.3, -0.25) is 4.79 Å². The summed E-state index contributed by atoms with van der Waals surface area (Å²) >= 11 is 0. The molecule has 0 aromatic heterocycles. The summed E-state index contributed by atoms with van der Waals surface area (Å²) in [7, 11) is 0. The van der Waals surface area contributed by atoms with Gasteiger partial charge in [-0.25, -0.2) is 0 Å². The minimum absolute atomic E-state index is 0.350. The highest BCUT2D eigenvalue weighted by Gasteiger charge is 2.49. The molecule has 0 aliphatic heterocycles. The maximum atomic E-state index is 11.5. The van der Waals surface area contributed by atoms with Gasteiger partial charge in [0, 0.05) is 0 Å². The minimum atomic E-state index is -0.575. The van der Waals surface area contributed by atoms with E-state index in [2.05, 4.69) is 13.5 Å². The molecule has 1 unspecified atom stereocenters. The monoisotopic (exact) mass is 208 g/mol. The third kappa shape index (κ3) is 1.82. The summed E-state index contributed by atoms with van der Waals surface area (Å²) in [5.74, 6) is 0.449. The number of hydrogen-bond donors (Lipinski definition) is 1. The zero-order valence-electron chi connectivity index (χ0n) is 9.46. The highest BCUT2D eigenvalue weighted by atomic mass is 16.4. The van der Waals surface area contributed by atoms with Crippen LogP contribution >= 0.6 is 0 Å². The third-order valence-electron chi connectivity index (χ3n) is 4.48. The normalized spacial score (nSPS) is 27.4. The SMILES string of the molecule is C=C1CCC(C(=O)O)(C(C)C2CC2)CC1. The number of carbonyl (C=O) groups is 1. The summed E-state index contributed by atoms with van der Waals surface area (Å²) in [5.41, 5.74) is 0.789. The van der Waals surface area contributed by atoms with Gasteiger partial charge in [0.05, 0.1) is 5.41 Å². The molecule has 0 heterocycles. The highest BCUT2D eigenvalue weighted by Crippen LogP contribution is 2.52. The van der Waals surface area contributed by atoms with Crippen molar-refractivity contribution in [3.05, 3.63) is 12.2 Å². The molecule has 0 radical (unpaired) electrons. The van der Waals surface area contributed by atoms with Gasteiger partial charge in [-0.1, -0.05) is 19.1 Å². The molecule has 2 aliphatic carbocycles. The Hall–Kier alpha value is -0.790. The summed E-state index contributed by atoms with van der Waals surface area (Å²) in [6, 6.07) is 0. The Morgan fingerprint density at radius 2 is 2.00 bits per heavy atom. The molecular weight excluding hydrogens is 188 g/mol. The lowest BCUT2D eigenvalue weighted by Gasteiger charge is -2.39. The Labute approximate surface area is 91.4 Å². The number of allylic oxidation sites excluding steroid dienone is 1.